The van der Waals surface area contributed by atoms with Crippen LogP contribution in [0.2, 0.25) is 0 Å². The lowest BCUT2D eigenvalue weighted by molar-refractivity contribution is -0.917. The van der Waals surface area contributed by atoms with E-state index in [1.807, 2.05) is 0 Å². The quantitative estimate of drug-likeness (QED) is 0.790. The third-order valence-corrected chi connectivity index (χ3v) is 5.08. The van der Waals surface area contributed by atoms with Crippen LogP contribution in [0.5, 0.6) is 0 Å². The first-order valence-electron chi connectivity index (χ1n) is 5.37. The monoisotopic (exact) mass is 261 g/mol. The Morgan fingerprint density at radius 1 is 1.44 bits per heavy atom. The largest absolute Gasteiger partial charge is 0.328 e. The molecule has 6 heteroatoms. The molecule has 0 radical (unpaired) electrons. The van der Waals surface area contributed by atoms with E-state index in [0.717, 1.165) is 19.6 Å². The molecule has 1 N–H and O–H groups in total. The van der Waals surface area contributed by atoms with Crippen molar-refractivity contribution in [1.29, 1.82) is 0 Å². The summed E-state index contributed by atoms with van der Waals surface area (Å²) >= 11 is 1.77. The van der Waals surface area contributed by atoms with Crippen molar-refractivity contribution in [2.24, 2.45) is 0 Å². The zero-order valence-electron chi connectivity index (χ0n) is 9.35. The molecule has 1 saturated heterocycles. The second kappa shape index (κ2) is 4.83. The van der Waals surface area contributed by atoms with E-state index in [0.29, 0.717) is 13.1 Å². The summed E-state index contributed by atoms with van der Waals surface area (Å²) in [6, 6.07) is 4.20. The molecule has 1 aliphatic rings. The smallest absolute Gasteiger partial charge is 0.211 e. The van der Waals surface area contributed by atoms with Gasteiger partial charge >= 0.3 is 0 Å². The first kappa shape index (κ1) is 12.0. The fourth-order valence-corrected chi connectivity index (χ4v) is 3.59. The first-order chi connectivity index (χ1) is 7.55. The van der Waals surface area contributed by atoms with Crippen LogP contribution in [0.4, 0.5) is 0 Å². The Labute approximate surface area is 101 Å². The van der Waals surface area contributed by atoms with Gasteiger partial charge in [-0.1, -0.05) is 6.07 Å². The van der Waals surface area contributed by atoms with Crippen molar-refractivity contribution in [2.45, 2.75) is 6.54 Å². The first-order valence-corrected chi connectivity index (χ1v) is 8.09. The predicted octanol–water partition coefficient (Wildman–Crippen LogP) is -0.592. The molecule has 0 aromatic carbocycles. The Kier molecular flexibility index (Phi) is 3.63. The maximum atomic E-state index is 11.3. The maximum Gasteiger partial charge on any atom is 0.211 e. The number of sulfonamides is 1. The summed E-state index contributed by atoms with van der Waals surface area (Å²) in [6.07, 6.45) is 1.29. The lowest BCUT2D eigenvalue weighted by Crippen LogP contribution is -3.13. The van der Waals surface area contributed by atoms with Gasteiger partial charge in [0.05, 0.1) is 37.3 Å². The molecule has 2 heterocycles. The van der Waals surface area contributed by atoms with Crippen LogP contribution in [0, 0.1) is 0 Å². The van der Waals surface area contributed by atoms with Crippen LogP contribution in [-0.4, -0.2) is 45.2 Å². The number of rotatable bonds is 3. The fraction of sp³-hybridized carbons (Fsp3) is 0.600. The van der Waals surface area contributed by atoms with Crippen LogP contribution in [0.25, 0.3) is 0 Å². The molecule has 0 saturated carbocycles. The average molecular weight is 261 g/mol. The van der Waals surface area contributed by atoms with E-state index in [4.69, 9.17) is 0 Å². The molecule has 0 unspecified atom stereocenters. The third kappa shape index (κ3) is 3.04. The van der Waals surface area contributed by atoms with E-state index in [1.165, 1.54) is 16.0 Å². The van der Waals surface area contributed by atoms with E-state index < -0.39 is 10.0 Å². The van der Waals surface area contributed by atoms with E-state index in [9.17, 15) is 8.42 Å². The summed E-state index contributed by atoms with van der Waals surface area (Å²) in [6.45, 7) is 4.14. The molecule has 1 aromatic heterocycles. The molecule has 1 fully saturated rings. The standard InChI is InChI=1S/C10H16N2O2S2/c1-16(13,14)12-6-4-11(5-7-12)9-10-3-2-8-15-10/h2-3,8H,4-7,9H2,1H3/p+1. The summed E-state index contributed by atoms with van der Waals surface area (Å²) in [5, 5.41) is 2.08. The zero-order valence-corrected chi connectivity index (χ0v) is 11.0. The van der Waals surface area contributed by atoms with Gasteiger partial charge in [0.25, 0.3) is 0 Å². The van der Waals surface area contributed by atoms with Gasteiger partial charge in [0.15, 0.2) is 0 Å². The van der Waals surface area contributed by atoms with Gasteiger partial charge in [0.1, 0.15) is 6.54 Å². The summed E-state index contributed by atoms with van der Waals surface area (Å²) in [5.41, 5.74) is 0. The van der Waals surface area contributed by atoms with Gasteiger partial charge in [-0.3, -0.25) is 0 Å². The van der Waals surface area contributed by atoms with Gasteiger partial charge in [0.2, 0.25) is 10.0 Å². The van der Waals surface area contributed by atoms with Crippen molar-refractivity contribution in [3.8, 4) is 0 Å². The highest BCUT2D eigenvalue weighted by Gasteiger charge is 2.25. The van der Waals surface area contributed by atoms with Crippen molar-refractivity contribution in [3.63, 3.8) is 0 Å². The summed E-state index contributed by atoms with van der Waals surface area (Å²) in [4.78, 5) is 2.85. The van der Waals surface area contributed by atoms with E-state index in [2.05, 4.69) is 17.5 Å². The predicted molar refractivity (Wildman–Crippen MR) is 65.1 cm³/mol. The van der Waals surface area contributed by atoms with E-state index in [1.54, 1.807) is 15.6 Å². The molecule has 0 aliphatic carbocycles. The Morgan fingerprint density at radius 3 is 2.62 bits per heavy atom. The van der Waals surface area contributed by atoms with Gasteiger partial charge in [-0.25, -0.2) is 8.42 Å². The third-order valence-electron chi connectivity index (χ3n) is 2.90. The highest BCUT2D eigenvalue weighted by Crippen LogP contribution is 2.06. The van der Waals surface area contributed by atoms with Crippen LogP contribution < -0.4 is 4.90 Å². The molecule has 0 amide bonds. The molecule has 0 atom stereocenters. The van der Waals surface area contributed by atoms with Gasteiger partial charge in [-0.05, 0) is 11.4 Å². The average Bonchev–Trinajstić information content (AvgIpc) is 2.70. The summed E-state index contributed by atoms with van der Waals surface area (Å²) in [5.74, 6) is 0. The molecule has 1 aliphatic heterocycles. The normalized spacial score (nSPS) is 20.1. The molecule has 16 heavy (non-hydrogen) atoms. The van der Waals surface area contributed by atoms with Crippen LogP contribution in [-0.2, 0) is 16.6 Å². The number of hydrogen-bond donors (Lipinski definition) is 1. The molecule has 1 aromatic rings. The van der Waals surface area contributed by atoms with E-state index in [-0.39, 0.29) is 0 Å². The van der Waals surface area contributed by atoms with Crippen LogP contribution >= 0.6 is 11.3 Å². The lowest BCUT2D eigenvalue weighted by atomic mass is 10.3. The lowest BCUT2D eigenvalue weighted by Gasteiger charge is -2.30. The molecule has 0 bridgehead atoms. The molecule has 90 valence electrons. The van der Waals surface area contributed by atoms with Crippen molar-refractivity contribution in [1.82, 2.24) is 4.31 Å². The van der Waals surface area contributed by atoms with Crippen LogP contribution in [0.3, 0.4) is 0 Å². The molecule has 4 nitrogen and oxygen atoms in total. The number of thiophene rings is 1. The minimum absolute atomic E-state index is 0.652. The minimum atomic E-state index is -2.99. The van der Waals surface area contributed by atoms with Gasteiger partial charge in [0, 0.05) is 0 Å². The summed E-state index contributed by atoms with van der Waals surface area (Å²) in [7, 11) is -2.99. The Morgan fingerprint density at radius 2 is 2.12 bits per heavy atom. The Bertz CT molecular complexity index is 420. The number of piperazine rings is 1. The Balaban J connectivity index is 1.86. The van der Waals surface area contributed by atoms with E-state index >= 15 is 0 Å². The maximum absolute atomic E-state index is 11.3. The number of nitrogens with one attached hydrogen (secondary N) is 1. The van der Waals surface area contributed by atoms with Crippen molar-refractivity contribution < 1.29 is 13.3 Å². The fourth-order valence-electron chi connectivity index (χ4n) is 1.97. The molecule has 0 spiro atoms. The van der Waals surface area contributed by atoms with Crippen LogP contribution in [0.15, 0.2) is 17.5 Å². The number of nitrogens with zero attached hydrogens (tertiary/aromatic N) is 1. The second-order valence-corrected chi connectivity index (χ2v) is 7.18. The second-order valence-electron chi connectivity index (χ2n) is 4.17. The van der Waals surface area contributed by atoms with Crippen molar-refractivity contribution >= 4 is 21.4 Å². The Hall–Kier alpha value is -0.430. The van der Waals surface area contributed by atoms with Crippen LogP contribution in [0.1, 0.15) is 4.88 Å². The molecule has 2 rings (SSSR count). The van der Waals surface area contributed by atoms with Gasteiger partial charge < -0.3 is 4.90 Å². The molecular formula is C10H17N2O2S2+. The number of hydrogen-bond acceptors (Lipinski definition) is 3. The van der Waals surface area contributed by atoms with Gasteiger partial charge in [-0.15, -0.1) is 11.3 Å². The van der Waals surface area contributed by atoms with Gasteiger partial charge in [-0.2, -0.15) is 4.31 Å². The molecular weight excluding hydrogens is 244 g/mol. The number of quaternary nitrogens is 1. The topological polar surface area (TPSA) is 41.8 Å². The van der Waals surface area contributed by atoms with Crippen molar-refractivity contribution in [2.75, 3.05) is 32.4 Å². The summed E-state index contributed by atoms with van der Waals surface area (Å²) < 4.78 is 24.2. The zero-order chi connectivity index (χ0) is 11.6. The highest BCUT2D eigenvalue weighted by molar-refractivity contribution is 7.88. The minimum Gasteiger partial charge on any atom is -0.328 e. The SMILES string of the molecule is CS(=O)(=O)N1CC[NH+](Cc2cccs2)CC1. The van der Waals surface area contributed by atoms with Crippen molar-refractivity contribution in [3.05, 3.63) is 22.4 Å². The highest BCUT2D eigenvalue weighted by atomic mass is 32.2.